The average Bonchev–Trinajstić information content (AvgIpc) is 2.51. The average molecular weight is 253 g/mol. The number of hydrogen-bond acceptors (Lipinski definition) is 2. The number of Topliss-reactive ketones (excluding diaryl/α,β-unsaturated/α-hetero) is 1. The molecule has 0 bridgehead atoms. The third-order valence-corrected chi connectivity index (χ3v) is 3.22. The van der Waals surface area contributed by atoms with Gasteiger partial charge < -0.3 is 4.74 Å². The standard InChI is InChI=1S/C14H17ClO2/c1-9-7-11-5-3-4-6-17-14(11)12(8-9)13(16)10(2)15/h7-8,10H,3-6H2,1-2H3. The summed E-state index contributed by atoms with van der Waals surface area (Å²) in [6.07, 6.45) is 3.13. The number of hydrogen-bond donors (Lipinski definition) is 0. The number of benzene rings is 1. The highest BCUT2D eigenvalue weighted by Gasteiger charge is 2.21. The van der Waals surface area contributed by atoms with Gasteiger partial charge in [-0.05, 0) is 50.3 Å². The van der Waals surface area contributed by atoms with Crippen molar-refractivity contribution in [3.63, 3.8) is 0 Å². The fourth-order valence-corrected chi connectivity index (χ4v) is 2.31. The molecule has 1 aromatic carbocycles. The van der Waals surface area contributed by atoms with E-state index in [0.29, 0.717) is 12.2 Å². The lowest BCUT2D eigenvalue weighted by atomic mass is 9.98. The highest BCUT2D eigenvalue weighted by atomic mass is 35.5. The van der Waals surface area contributed by atoms with Crippen LogP contribution < -0.4 is 4.74 Å². The van der Waals surface area contributed by atoms with Gasteiger partial charge in [-0.2, -0.15) is 0 Å². The topological polar surface area (TPSA) is 26.3 Å². The predicted molar refractivity (Wildman–Crippen MR) is 69.3 cm³/mol. The molecule has 1 atom stereocenters. The van der Waals surface area contributed by atoms with Crippen molar-refractivity contribution in [3.8, 4) is 5.75 Å². The van der Waals surface area contributed by atoms with Crippen LogP contribution in [0.4, 0.5) is 0 Å². The van der Waals surface area contributed by atoms with Crippen LogP contribution >= 0.6 is 11.6 Å². The van der Waals surface area contributed by atoms with E-state index < -0.39 is 5.38 Å². The first-order valence-electron chi connectivity index (χ1n) is 6.04. The summed E-state index contributed by atoms with van der Waals surface area (Å²) in [6.45, 7) is 4.39. The molecule has 0 aromatic heterocycles. The fraction of sp³-hybridized carbons (Fsp3) is 0.500. The molecule has 17 heavy (non-hydrogen) atoms. The van der Waals surface area contributed by atoms with Gasteiger partial charge in [0.25, 0.3) is 0 Å². The Morgan fingerprint density at radius 1 is 1.41 bits per heavy atom. The zero-order chi connectivity index (χ0) is 12.4. The Morgan fingerprint density at radius 2 is 2.18 bits per heavy atom. The first kappa shape index (κ1) is 12.4. The van der Waals surface area contributed by atoms with E-state index in [1.165, 1.54) is 0 Å². The van der Waals surface area contributed by atoms with E-state index in [1.54, 1.807) is 6.92 Å². The van der Waals surface area contributed by atoms with E-state index in [1.807, 2.05) is 13.0 Å². The largest absolute Gasteiger partial charge is 0.493 e. The third-order valence-electron chi connectivity index (χ3n) is 3.02. The van der Waals surface area contributed by atoms with Crippen LogP contribution in [-0.2, 0) is 6.42 Å². The first-order chi connectivity index (χ1) is 8.09. The van der Waals surface area contributed by atoms with Gasteiger partial charge in [0, 0.05) is 0 Å². The van der Waals surface area contributed by atoms with E-state index in [4.69, 9.17) is 16.3 Å². The molecule has 0 N–H and O–H groups in total. The zero-order valence-electron chi connectivity index (χ0n) is 10.3. The van der Waals surface area contributed by atoms with Gasteiger partial charge in [-0.25, -0.2) is 0 Å². The SMILES string of the molecule is Cc1cc2c(c(C(=O)C(C)Cl)c1)OCCCC2. The van der Waals surface area contributed by atoms with Crippen LogP contribution in [0.25, 0.3) is 0 Å². The van der Waals surface area contributed by atoms with Crippen molar-refractivity contribution in [2.45, 2.75) is 38.5 Å². The molecule has 1 unspecified atom stereocenters. The van der Waals surface area contributed by atoms with Crippen LogP contribution in [0.5, 0.6) is 5.75 Å². The van der Waals surface area contributed by atoms with Crippen molar-refractivity contribution >= 4 is 17.4 Å². The third kappa shape index (κ3) is 2.63. The molecule has 0 saturated heterocycles. The summed E-state index contributed by atoms with van der Waals surface area (Å²) in [5, 5.41) is -0.507. The van der Waals surface area contributed by atoms with Gasteiger partial charge >= 0.3 is 0 Å². The van der Waals surface area contributed by atoms with Gasteiger partial charge in [0.05, 0.1) is 17.5 Å². The van der Waals surface area contributed by atoms with Crippen molar-refractivity contribution in [2.24, 2.45) is 0 Å². The van der Waals surface area contributed by atoms with Gasteiger partial charge in [-0.3, -0.25) is 4.79 Å². The summed E-state index contributed by atoms with van der Waals surface area (Å²) in [4.78, 5) is 12.1. The zero-order valence-corrected chi connectivity index (χ0v) is 11.0. The number of rotatable bonds is 2. The number of carbonyl (C=O) groups is 1. The lowest BCUT2D eigenvalue weighted by molar-refractivity contribution is 0.0987. The summed E-state index contributed by atoms with van der Waals surface area (Å²) >= 11 is 5.89. The molecular formula is C14H17ClO2. The molecule has 0 radical (unpaired) electrons. The molecule has 0 amide bonds. The number of aryl methyl sites for hydroxylation is 2. The monoisotopic (exact) mass is 252 g/mol. The number of halogens is 1. The normalized spacial score (nSPS) is 16.6. The molecule has 3 heteroatoms. The summed E-state index contributed by atoms with van der Waals surface area (Å²) in [6, 6.07) is 3.99. The van der Waals surface area contributed by atoms with Gasteiger partial charge in [-0.1, -0.05) is 6.07 Å². The number of ether oxygens (including phenoxy) is 1. The lowest BCUT2D eigenvalue weighted by Crippen LogP contribution is -2.13. The summed E-state index contributed by atoms with van der Waals surface area (Å²) in [5.41, 5.74) is 2.88. The molecule has 1 aromatic rings. The van der Waals surface area contributed by atoms with E-state index in [9.17, 15) is 4.79 Å². The summed E-state index contributed by atoms with van der Waals surface area (Å²) < 4.78 is 5.73. The maximum atomic E-state index is 12.1. The molecule has 0 saturated carbocycles. The van der Waals surface area contributed by atoms with Gasteiger partial charge in [0.2, 0.25) is 0 Å². The van der Waals surface area contributed by atoms with Crippen molar-refractivity contribution in [2.75, 3.05) is 6.61 Å². The smallest absolute Gasteiger partial charge is 0.184 e. The van der Waals surface area contributed by atoms with E-state index in [-0.39, 0.29) is 5.78 Å². The van der Waals surface area contributed by atoms with Crippen molar-refractivity contribution in [1.29, 1.82) is 0 Å². The predicted octanol–water partition coefficient (Wildman–Crippen LogP) is 3.52. The minimum Gasteiger partial charge on any atom is -0.493 e. The van der Waals surface area contributed by atoms with Crippen LogP contribution in [0.15, 0.2) is 12.1 Å². The van der Waals surface area contributed by atoms with Crippen molar-refractivity contribution < 1.29 is 9.53 Å². The maximum Gasteiger partial charge on any atom is 0.184 e. The molecule has 1 aliphatic heterocycles. The van der Waals surface area contributed by atoms with Crippen LogP contribution in [0.2, 0.25) is 0 Å². The lowest BCUT2D eigenvalue weighted by Gasteiger charge is -2.14. The fourth-order valence-electron chi connectivity index (χ4n) is 2.19. The van der Waals surface area contributed by atoms with Crippen molar-refractivity contribution in [3.05, 3.63) is 28.8 Å². The molecule has 0 spiro atoms. The van der Waals surface area contributed by atoms with E-state index >= 15 is 0 Å². The second-order valence-corrected chi connectivity index (χ2v) is 5.24. The Balaban J connectivity index is 2.50. The second-order valence-electron chi connectivity index (χ2n) is 4.59. The Hall–Kier alpha value is -1.02. The van der Waals surface area contributed by atoms with Crippen LogP contribution in [0, 0.1) is 6.92 Å². The molecular weight excluding hydrogens is 236 g/mol. The number of ketones is 1. The van der Waals surface area contributed by atoms with Gasteiger partial charge in [0.1, 0.15) is 5.75 Å². The molecule has 0 aliphatic carbocycles. The minimum atomic E-state index is -0.507. The highest BCUT2D eigenvalue weighted by Crippen LogP contribution is 2.31. The molecule has 92 valence electrons. The minimum absolute atomic E-state index is 0.0477. The summed E-state index contributed by atoms with van der Waals surface area (Å²) in [7, 11) is 0. The van der Waals surface area contributed by atoms with Crippen LogP contribution in [0.1, 0.15) is 41.3 Å². The quantitative estimate of drug-likeness (QED) is 0.595. The first-order valence-corrected chi connectivity index (χ1v) is 6.48. The highest BCUT2D eigenvalue weighted by molar-refractivity contribution is 6.34. The second kappa shape index (κ2) is 5.09. The van der Waals surface area contributed by atoms with E-state index in [2.05, 4.69) is 6.07 Å². The van der Waals surface area contributed by atoms with Crippen molar-refractivity contribution in [1.82, 2.24) is 0 Å². The Morgan fingerprint density at radius 3 is 2.88 bits per heavy atom. The molecule has 1 heterocycles. The van der Waals surface area contributed by atoms with E-state index in [0.717, 1.165) is 36.1 Å². The Bertz CT molecular complexity index is 438. The molecule has 2 nitrogen and oxygen atoms in total. The van der Waals surface area contributed by atoms with Gasteiger partial charge in [-0.15, -0.1) is 11.6 Å². The number of alkyl halides is 1. The number of fused-ring (bicyclic) bond motifs is 1. The molecule has 0 fully saturated rings. The van der Waals surface area contributed by atoms with Gasteiger partial charge in [0.15, 0.2) is 5.78 Å². The van der Waals surface area contributed by atoms with Crippen LogP contribution in [-0.4, -0.2) is 17.8 Å². The number of carbonyl (C=O) groups excluding carboxylic acids is 1. The Labute approximate surface area is 107 Å². The molecule has 2 rings (SSSR count). The summed E-state index contributed by atoms with van der Waals surface area (Å²) in [5.74, 6) is 0.708. The van der Waals surface area contributed by atoms with Crippen LogP contribution in [0.3, 0.4) is 0 Å². The Kier molecular flexibility index (Phi) is 3.72. The maximum absolute atomic E-state index is 12.1. The molecule has 1 aliphatic rings.